The zero-order valence-electron chi connectivity index (χ0n) is 7.12. The van der Waals surface area contributed by atoms with Gasteiger partial charge in [0, 0.05) is 17.5 Å². The van der Waals surface area contributed by atoms with Crippen LogP contribution in [0.5, 0.6) is 0 Å². The lowest BCUT2D eigenvalue weighted by molar-refractivity contribution is -0.489. The van der Waals surface area contributed by atoms with Crippen molar-refractivity contribution in [2.75, 3.05) is 0 Å². The summed E-state index contributed by atoms with van der Waals surface area (Å²) in [7, 11) is -4.46. The normalized spacial score (nSPS) is 11.8. The molecule has 0 spiro atoms. The molecule has 14 heavy (non-hydrogen) atoms. The standard InChI is InChI=1S/C9H7NO3S/c11-14(12,13)10-7-3-5-8-4-1-2-6-9(8)10/h1-7H. The van der Waals surface area contributed by atoms with Gasteiger partial charge in [-0.05, 0) is 12.1 Å². The molecule has 0 saturated carbocycles. The Morgan fingerprint density at radius 3 is 2.43 bits per heavy atom. The van der Waals surface area contributed by atoms with E-state index in [2.05, 4.69) is 0 Å². The van der Waals surface area contributed by atoms with Gasteiger partial charge in [-0.3, -0.25) is 0 Å². The minimum absolute atomic E-state index is 0.394. The fourth-order valence-electron chi connectivity index (χ4n) is 1.33. The molecule has 0 saturated heterocycles. The summed E-state index contributed by atoms with van der Waals surface area (Å²) >= 11 is 0. The van der Waals surface area contributed by atoms with Crippen LogP contribution in [0.3, 0.4) is 0 Å². The topological polar surface area (TPSA) is 61.1 Å². The molecule has 2 aromatic rings. The number of pyridine rings is 1. The minimum Gasteiger partial charge on any atom is -0.693 e. The summed E-state index contributed by atoms with van der Waals surface area (Å²) in [4.78, 5) is 0. The van der Waals surface area contributed by atoms with Gasteiger partial charge in [-0.2, -0.15) is 8.42 Å². The highest BCUT2D eigenvalue weighted by Crippen LogP contribution is 2.08. The maximum Gasteiger partial charge on any atom is 0.330 e. The molecular formula is C9H7NO3S. The zero-order valence-corrected chi connectivity index (χ0v) is 7.94. The second-order valence-corrected chi connectivity index (χ2v) is 4.07. The van der Waals surface area contributed by atoms with Crippen LogP contribution in [0, 0.1) is 0 Å². The molecule has 72 valence electrons. The molecule has 0 fully saturated rings. The van der Waals surface area contributed by atoms with E-state index in [1.165, 1.54) is 12.3 Å². The molecule has 0 aliphatic carbocycles. The van der Waals surface area contributed by atoms with E-state index in [9.17, 15) is 13.0 Å². The molecule has 0 N–H and O–H groups in total. The molecular weight excluding hydrogens is 202 g/mol. The van der Waals surface area contributed by atoms with Crippen LogP contribution >= 0.6 is 0 Å². The largest absolute Gasteiger partial charge is 0.693 e. The SMILES string of the molecule is O=S(=O)([O-])[n+]1cccc2ccccc21. The van der Waals surface area contributed by atoms with E-state index in [4.69, 9.17) is 0 Å². The van der Waals surface area contributed by atoms with Gasteiger partial charge < -0.3 is 4.55 Å². The van der Waals surface area contributed by atoms with Gasteiger partial charge in [0.05, 0.1) is 0 Å². The van der Waals surface area contributed by atoms with Crippen LogP contribution in [0.1, 0.15) is 0 Å². The number of hydrogen-bond donors (Lipinski definition) is 0. The first kappa shape index (κ1) is 9.11. The molecule has 0 atom stereocenters. The molecule has 0 unspecified atom stereocenters. The number of fused-ring (bicyclic) bond motifs is 1. The zero-order chi connectivity index (χ0) is 10.2. The van der Waals surface area contributed by atoms with Crippen molar-refractivity contribution in [1.29, 1.82) is 0 Å². The molecule has 4 nitrogen and oxygen atoms in total. The van der Waals surface area contributed by atoms with Crippen molar-refractivity contribution in [3.8, 4) is 0 Å². The number of aromatic nitrogens is 1. The Morgan fingerprint density at radius 1 is 1.07 bits per heavy atom. The monoisotopic (exact) mass is 209 g/mol. The molecule has 0 amide bonds. The molecule has 5 heteroatoms. The molecule has 1 aromatic heterocycles. The summed E-state index contributed by atoms with van der Waals surface area (Å²) in [5.41, 5.74) is 0.394. The highest BCUT2D eigenvalue weighted by atomic mass is 32.2. The summed E-state index contributed by atoms with van der Waals surface area (Å²) in [6.07, 6.45) is 1.24. The third kappa shape index (κ3) is 1.47. The van der Waals surface area contributed by atoms with E-state index < -0.39 is 10.3 Å². The fraction of sp³-hybridized carbons (Fsp3) is 0. The highest BCUT2D eigenvalue weighted by Gasteiger charge is 2.12. The second-order valence-electron chi connectivity index (χ2n) is 2.82. The van der Waals surface area contributed by atoms with Crippen LogP contribution in [0.2, 0.25) is 0 Å². The molecule has 1 heterocycles. The summed E-state index contributed by atoms with van der Waals surface area (Å²) in [6, 6.07) is 10.1. The van der Waals surface area contributed by atoms with Crippen molar-refractivity contribution >= 4 is 21.2 Å². The molecule has 0 radical (unpaired) electrons. The van der Waals surface area contributed by atoms with Gasteiger partial charge in [-0.15, -0.1) is 0 Å². The lowest BCUT2D eigenvalue weighted by atomic mass is 10.2. The van der Waals surface area contributed by atoms with E-state index in [0.717, 1.165) is 9.36 Å². The van der Waals surface area contributed by atoms with E-state index in [1.54, 1.807) is 30.3 Å². The maximum absolute atomic E-state index is 10.9. The molecule has 2 rings (SSSR count). The summed E-state index contributed by atoms with van der Waals surface area (Å²) in [5.74, 6) is 0. The predicted octanol–water partition coefficient (Wildman–Crippen LogP) is 0.436. The van der Waals surface area contributed by atoms with E-state index in [0.29, 0.717) is 5.52 Å². The van der Waals surface area contributed by atoms with Crippen molar-refractivity contribution < 1.29 is 16.9 Å². The quantitative estimate of drug-likeness (QED) is 0.505. The Bertz CT molecular complexity index is 572. The lowest BCUT2D eigenvalue weighted by Gasteiger charge is -2.02. The molecule has 0 aliphatic heterocycles. The highest BCUT2D eigenvalue weighted by molar-refractivity contribution is 7.79. The van der Waals surface area contributed by atoms with E-state index in [1.807, 2.05) is 0 Å². The Balaban J connectivity index is 2.92. The number of rotatable bonds is 1. The minimum atomic E-state index is -4.46. The Labute approximate surface area is 81.3 Å². The first-order valence-electron chi connectivity index (χ1n) is 3.95. The summed E-state index contributed by atoms with van der Waals surface area (Å²) in [5, 5.41) is 0.717. The van der Waals surface area contributed by atoms with Crippen LogP contribution < -0.4 is 3.97 Å². The third-order valence-electron chi connectivity index (χ3n) is 1.91. The van der Waals surface area contributed by atoms with Crippen molar-refractivity contribution in [1.82, 2.24) is 0 Å². The summed E-state index contributed by atoms with van der Waals surface area (Å²) < 4.78 is 33.3. The smallest absolute Gasteiger partial charge is 0.330 e. The Hall–Kier alpha value is -1.46. The number of hydrogen-bond acceptors (Lipinski definition) is 3. The van der Waals surface area contributed by atoms with Gasteiger partial charge in [0.15, 0.2) is 6.20 Å². The lowest BCUT2D eigenvalue weighted by Crippen LogP contribution is -2.42. The van der Waals surface area contributed by atoms with Crippen LogP contribution in [0.4, 0.5) is 0 Å². The number of nitrogens with zero attached hydrogens (tertiary/aromatic N) is 1. The maximum atomic E-state index is 10.9. The van der Waals surface area contributed by atoms with Crippen molar-refractivity contribution in [2.24, 2.45) is 0 Å². The van der Waals surface area contributed by atoms with Crippen LogP contribution in [0.15, 0.2) is 42.6 Å². The van der Waals surface area contributed by atoms with Gasteiger partial charge in [-0.25, -0.2) is 0 Å². The van der Waals surface area contributed by atoms with Gasteiger partial charge in [0.1, 0.15) is 0 Å². The Morgan fingerprint density at radius 2 is 1.71 bits per heavy atom. The molecule has 0 bridgehead atoms. The van der Waals surface area contributed by atoms with E-state index in [-0.39, 0.29) is 0 Å². The summed E-state index contributed by atoms with van der Waals surface area (Å²) in [6.45, 7) is 0. The van der Waals surface area contributed by atoms with Crippen LogP contribution in [-0.4, -0.2) is 13.0 Å². The van der Waals surface area contributed by atoms with Crippen molar-refractivity contribution in [2.45, 2.75) is 0 Å². The average Bonchev–Trinajstić information content (AvgIpc) is 2.15. The van der Waals surface area contributed by atoms with Gasteiger partial charge in [-0.1, -0.05) is 16.1 Å². The van der Waals surface area contributed by atoms with E-state index >= 15 is 0 Å². The second kappa shape index (κ2) is 3.04. The molecule has 1 aromatic carbocycles. The molecule has 0 aliphatic rings. The van der Waals surface area contributed by atoms with Gasteiger partial charge >= 0.3 is 10.3 Å². The van der Waals surface area contributed by atoms with Crippen LogP contribution in [0.25, 0.3) is 10.9 Å². The number of para-hydroxylation sites is 1. The van der Waals surface area contributed by atoms with Gasteiger partial charge in [0.2, 0.25) is 5.52 Å². The average molecular weight is 209 g/mol. The first-order chi connectivity index (χ1) is 6.59. The fourth-order valence-corrected chi connectivity index (χ4v) is 1.96. The van der Waals surface area contributed by atoms with Crippen molar-refractivity contribution in [3.05, 3.63) is 42.6 Å². The Kier molecular flexibility index (Phi) is 1.98. The predicted molar refractivity (Wildman–Crippen MR) is 49.2 cm³/mol. The van der Waals surface area contributed by atoms with Crippen LogP contribution in [-0.2, 0) is 10.3 Å². The van der Waals surface area contributed by atoms with Gasteiger partial charge in [0.25, 0.3) is 0 Å². The third-order valence-corrected chi connectivity index (χ3v) is 2.71. The van der Waals surface area contributed by atoms with Crippen molar-refractivity contribution in [3.63, 3.8) is 0 Å². The number of benzene rings is 1. The first-order valence-corrected chi connectivity index (χ1v) is 5.31.